The highest BCUT2D eigenvalue weighted by Gasteiger charge is 2.32. The van der Waals surface area contributed by atoms with Gasteiger partial charge in [-0.1, -0.05) is 46.0 Å². The van der Waals surface area contributed by atoms with Crippen molar-refractivity contribution < 1.29 is 14.7 Å². The Kier molecular flexibility index (Phi) is 5.09. The van der Waals surface area contributed by atoms with E-state index in [4.69, 9.17) is 5.11 Å². The first-order chi connectivity index (χ1) is 9.43. The minimum absolute atomic E-state index is 0.119. The monoisotopic (exact) mass is 313 g/mol. The second kappa shape index (κ2) is 6.09. The lowest BCUT2D eigenvalue weighted by molar-refractivity contribution is -0.138. The van der Waals surface area contributed by atoms with Gasteiger partial charge in [0, 0.05) is 11.5 Å². The number of hydrogen-bond donors (Lipinski definition) is 2. The Labute approximate surface area is 129 Å². The Morgan fingerprint density at radius 2 is 1.81 bits per heavy atom. The normalized spacial score (nSPS) is 13.8. The Morgan fingerprint density at radius 3 is 2.24 bits per heavy atom. The van der Waals surface area contributed by atoms with Gasteiger partial charge in [-0.05, 0) is 16.9 Å². The van der Waals surface area contributed by atoms with E-state index in [0.29, 0.717) is 10.6 Å². The topological polar surface area (TPSA) is 92.2 Å². The van der Waals surface area contributed by atoms with Crippen LogP contribution in [0, 0.1) is 5.41 Å². The largest absolute Gasteiger partial charge is 0.481 e. The maximum Gasteiger partial charge on any atom is 0.305 e. The van der Waals surface area contributed by atoms with Gasteiger partial charge in [-0.3, -0.25) is 9.59 Å². The minimum Gasteiger partial charge on any atom is -0.481 e. The van der Waals surface area contributed by atoms with Crippen LogP contribution in [0.5, 0.6) is 0 Å². The summed E-state index contributed by atoms with van der Waals surface area (Å²) >= 11 is 1.04. The summed E-state index contributed by atoms with van der Waals surface area (Å²) in [4.78, 5) is 23.9. The first-order valence-corrected chi connectivity index (χ1v) is 7.55. The molecule has 2 N–H and O–H groups in total. The number of carbonyl (C=O) groups excluding carboxylic acids is 1. The molecule has 1 rings (SSSR count). The molecule has 0 saturated heterocycles. The summed E-state index contributed by atoms with van der Waals surface area (Å²) in [5, 5.41) is 15.8. The molecule has 118 valence electrons. The van der Waals surface area contributed by atoms with Crippen LogP contribution in [0.15, 0.2) is 0 Å². The molecule has 0 fully saturated rings. The Bertz CT molecular complexity index is 526. The molecule has 0 aliphatic rings. The molecule has 1 amide bonds. The summed E-state index contributed by atoms with van der Waals surface area (Å²) in [5.74, 6) is -1.25. The van der Waals surface area contributed by atoms with Crippen molar-refractivity contribution in [3.63, 3.8) is 0 Å². The van der Waals surface area contributed by atoms with Gasteiger partial charge < -0.3 is 10.4 Å². The molecule has 0 radical (unpaired) electrons. The first kappa shape index (κ1) is 17.6. The highest BCUT2D eigenvalue weighted by Crippen LogP contribution is 2.27. The van der Waals surface area contributed by atoms with Gasteiger partial charge >= 0.3 is 5.97 Å². The molecule has 0 aromatic carbocycles. The fourth-order valence-electron chi connectivity index (χ4n) is 1.80. The number of aromatic nitrogens is 2. The molecule has 1 unspecified atom stereocenters. The Morgan fingerprint density at radius 1 is 1.24 bits per heavy atom. The first-order valence-electron chi connectivity index (χ1n) is 6.78. The quantitative estimate of drug-likeness (QED) is 0.890. The van der Waals surface area contributed by atoms with Crippen LogP contribution in [0.2, 0.25) is 0 Å². The van der Waals surface area contributed by atoms with E-state index < -0.39 is 12.0 Å². The predicted octanol–water partition coefficient (Wildman–Crippen LogP) is 2.45. The number of amides is 1. The zero-order valence-corrected chi connectivity index (χ0v) is 14.2. The van der Waals surface area contributed by atoms with E-state index in [0.717, 1.165) is 11.5 Å². The van der Waals surface area contributed by atoms with Crippen LogP contribution in [-0.4, -0.2) is 32.6 Å². The highest BCUT2D eigenvalue weighted by atomic mass is 32.1. The molecule has 0 spiro atoms. The number of carboxylic acids is 1. The third-order valence-corrected chi connectivity index (χ3v) is 3.86. The van der Waals surface area contributed by atoms with Crippen molar-refractivity contribution in [2.75, 3.05) is 0 Å². The van der Waals surface area contributed by atoms with E-state index in [1.54, 1.807) is 0 Å². The third-order valence-electron chi connectivity index (χ3n) is 3.13. The molecule has 21 heavy (non-hydrogen) atoms. The van der Waals surface area contributed by atoms with Gasteiger partial charge in [0.25, 0.3) is 5.91 Å². The standard InChI is InChI=1S/C14H23N3O3S/c1-13(2,3)8(7-9(18)19)15-12(20)10-11(14(4,5)6)16-17-21-10/h8H,7H2,1-6H3,(H,15,20)(H,18,19). The number of rotatable bonds is 4. The summed E-state index contributed by atoms with van der Waals surface area (Å²) in [5.41, 5.74) is -0.00872. The lowest BCUT2D eigenvalue weighted by Crippen LogP contribution is -2.45. The minimum atomic E-state index is -0.936. The molecule has 0 bridgehead atoms. The maximum absolute atomic E-state index is 12.4. The smallest absolute Gasteiger partial charge is 0.305 e. The van der Waals surface area contributed by atoms with Crippen LogP contribution in [0.1, 0.15) is 63.3 Å². The molecule has 0 aliphatic carbocycles. The van der Waals surface area contributed by atoms with E-state index in [1.165, 1.54) is 0 Å². The Balaban J connectivity index is 2.98. The van der Waals surface area contributed by atoms with Gasteiger partial charge in [-0.25, -0.2) is 0 Å². The van der Waals surface area contributed by atoms with Crippen LogP contribution in [-0.2, 0) is 10.2 Å². The van der Waals surface area contributed by atoms with Crippen molar-refractivity contribution in [3.8, 4) is 0 Å². The molecule has 1 atom stereocenters. The van der Waals surface area contributed by atoms with Gasteiger partial charge in [0.05, 0.1) is 12.1 Å². The van der Waals surface area contributed by atoms with E-state index in [1.807, 2.05) is 41.5 Å². The van der Waals surface area contributed by atoms with E-state index in [-0.39, 0.29) is 23.2 Å². The van der Waals surface area contributed by atoms with Crippen LogP contribution < -0.4 is 5.32 Å². The third kappa shape index (κ3) is 4.77. The number of hydrogen-bond acceptors (Lipinski definition) is 5. The molecule has 0 aliphatic heterocycles. The Hall–Kier alpha value is -1.50. The van der Waals surface area contributed by atoms with Crippen molar-refractivity contribution in [3.05, 3.63) is 10.6 Å². The molecule has 1 aromatic heterocycles. The molecule has 7 heteroatoms. The molecule has 1 heterocycles. The van der Waals surface area contributed by atoms with Gasteiger partial charge in [0.2, 0.25) is 0 Å². The zero-order chi connectivity index (χ0) is 16.4. The van der Waals surface area contributed by atoms with Gasteiger partial charge in [-0.2, -0.15) is 0 Å². The van der Waals surface area contributed by atoms with Crippen molar-refractivity contribution in [1.29, 1.82) is 0 Å². The summed E-state index contributed by atoms with van der Waals surface area (Å²) in [6.45, 7) is 11.6. The SMILES string of the molecule is CC(C)(C)c1nnsc1C(=O)NC(CC(=O)O)C(C)(C)C. The van der Waals surface area contributed by atoms with Crippen molar-refractivity contribution in [2.45, 2.75) is 59.4 Å². The number of nitrogens with one attached hydrogen (secondary N) is 1. The number of carbonyl (C=O) groups is 2. The zero-order valence-electron chi connectivity index (χ0n) is 13.4. The van der Waals surface area contributed by atoms with Gasteiger partial charge in [0.1, 0.15) is 4.88 Å². The van der Waals surface area contributed by atoms with Crippen LogP contribution >= 0.6 is 11.5 Å². The van der Waals surface area contributed by atoms with Crippen molar-refractivity contribution in [1.82, 2.24) is 14.9 Å². The highest BCUT2D eigenvalue weighted by molar-refractivity contribution is 7.08. The van der Waals surface area contributed by atoms with E-state index in [2.05, 4.69) is 14.9 Å². The summed E-state index contributed by atoms with van der Waals surface area (Å²) in [6.07, 6.45) is -0.119. The molecular weight excluding hydrogens is 290 g/mol. The average Bonchev–Trinajstić information content (AvgIpc) is 2.74. The fraction of sp³-hybridized carbons (Fsp3) is 0.714. The molecule has 1 aromatic rings. The molecule has 6 nitrogen and oxygen atoms in total. The average molecular weight is 313 g/mol. The van der Waals surface area contributed by atoms with Gasteiger partial charge in [-0.15, -0.1) is 5.10 Å². The molecular formula is C14H23N3O3S. The van der Waals surface area contributed by atoms with Crippen molar-refractivity contribution in [2.24, 2.45) is 5.41 Å². The van der Waals surface area contributed by atoms with Gasteiger partial charge in [0.15, 0.2) is 0 Å². The van der Waals surface area contributed by atoms with Crippen LogP contribution in [0.3, 0.4) is 0 Å². The lowest BCUT2D eigenvalue weighted by atomic mass is 9.84. The molecule has 0 saturated carbocycles. The van der Waals surface area contributed by atoms with E-state index in [9.17, 15) is 9.59 Å². The maximum atomic E-state index is 12.4. The predicted molar refractivity (Wildman–Crippen MR) is 81.6 cm³/mol. The number of aliphatic carboxylic acids is 1. The second-order valence-electron chi connectivity index (χ2n) is 7.19. The van der Waals surface area contributed by atoms with Crippen LogP contribution in [0.25, 0.3) is 0 Å². The van der Waals surface area contributed by atoms with Crippen molar-refractivity contribution >= 4 is 23.4 Å². The number of carboxylic acid groups (broad SMARTS) is 1. The second-order valence-corrected chi connectivity index (χ2v) is 7.94. The van der Waals surface area contributed by atoms with Crippen LogP contribution in [0.4, 0.5) is 0 Å². The summed E-state index contributed by atoms with van der Waals surface area (Å²) < 4.78 is 3.85. The summed E-state index contributed by atoms with van der Waals surface area (Å²) in [6, 6.07) is -0.461. The lowest BCUT2D eigenvalue weighted by Gasteiger charge is -2.30. The number of nitrogens with zero attached hydrogens (tertiary/aromatic N) is 2. The fourth-order valence-corrected chi connectivity index (χ4v) is 2.58. The summed E-state index contributed by atoms with van der Waals surface area (Å²) in [7, 11) is 0. The van der Waals surface area contributed by atoms with E-state index >= 15 is 0 Å².